The third-order valence-electron chi connectivity index (χ3n) is 2.77. The van der Waals surface area contributed by atoms with Crippen LogP contribution in [0.2, 0.25) is 0 Å². The fourth-order valence-electron chi connectivity index (χ4n) is 1.43. The molecule has 3 nitrogen and oxygen atoms in total. The molecule has 0 aliphatic heterocycles. The van der Waals surface area contributed by atoms with E-state index in [2.05, 4.69) is 0 Å². The van der Waals surface area contributed by atoms with Gasteiger partial charge in [0.25, 0.3) is 0 Å². The molecule has 0 radical (unpaired) electrons. The van der Waals surface area contributed by atoms with Gasteiger partial charge in [-0.3, -0.25) is 4.79 Å². The largest absolute Gasteiger partial charge is 0.461 e. The second-order valence-corrected chi connectivity index (χ2v) is 4.27. The van der Waals surface area contributed by atoms with E-state index in [1.807, 2.05) is 6.92 Å². The lowest BCUT2D eigenvalue weighted by atomic mass is 9.96. The molecule has 0 aliphatic carbocycles. The van der Waals surface area contributed by atoms with Gasteiger partial charge in [-0.2, -0.15) is 0 Å². The van der Waals surface area contributed by atoms with Crippen LogP contribution in [-0.2, 0) is 9.53 Å². The van der Waals surface area contributed by atoms with Crippen LogP contribution in [-0.4, -0.2) is 18.1 Å². The van der Waals surface area contributed by atoms with Crippen LogP contribution in [0.1, 0.15) is 32.3 Å². The Morgan fingerprint density at radius 1 is 1.24 bits per heavy atom. The minimum absolute atomic E-state index is 0.00157. The minimum Gasteiger partial charge on any atom is -0.461 e. The quantitative estimate of drug-likeness (QED) is 0.819. The Morgan fingerprint density at radius 2 is 1.76 bits per heavy atom. The first-order valence-electron chi connectivity index (χ1n) is 5.63. The predicted octanol–water partition coefficient (Wildman–Crippen LogP) is 2.21. The van der Waals surface area contributed by atoms with Crippen molar-refractivity contribution >= 4 is 5.97 Å². The van der Waals surface area contributed by atoms with E-state index < -0.39 is 12.0 Å². The van der Waals surface area contributed by atoms with E-state index in [0.29, 0.717) is 0 Å². The summed E-state index contributed by atoms with van der Waals surface area (Å²) in [5.41, 5.74) is 6.35. The summed E-state index contributed by atoms with van der Waals surface area (Å²) in [6.45, 7) is 5.30. The molecule has 0 amide bonds. The Kier molecular flexibility index (Phi) is 4.63. The van der Waals surface area contributed by atoms with Crippen molar-refractivity contribution in [1.82, 2.24) is 0 Å². The van der Waals surface area contributed by atoms with Gasteiger partial charge >= 0.3 is 5.97 Å². The van der Waals surface area contributed by atoms with E-state index >= 15 is 0 Å². The van der Waals surface area contributed by atoms with Crippen LogP contribution in [0.15, 0.2) is 24.3 Å². The zero-order chi connectivity index (χ0) is 13.0. The molecule has 4 heteroatoms. The number of nitrogens with two attached hydrogens (primary N) is 1. The van der Waals surface area contributed by atoms with Gasteiger partial charge < -0.3 is 10.5 Å². The zero-order valence-electron chi connectivity index (χ0n) is 10.3. The number of halogens is 1. The van der Waals surface area contributed by atoms with Crippen molar-refractivity contribution in [2.24, 2.45) is 5.73 Å². The molecule has 0 aliphatic rings. The first-order chi connectivity index (χ1) is 7.91. The first kappa shape index (κ1) is 13.6. The molecule has 0 spiro atoms. The molecule has 0 saturated carbocycles. The average molecular weight is 239 g/mol. The molecule has 94 valence electrons. The molecule has 0 unspecified atom stereocenters. The molecule has 17 heavy (non-hydrogen) atoms. The second kappa shape index (κ2) is 5.77. The smallest absolute Gasteiger partial charge is 0.322 e. The average Bonchev–Trinajstić information content (AvgIpc) is 2.28. The van der Waals surface area contributed by atoms with E-state index in [1.165, 1.54) is 12.1 Å². The SMILES string of the molecule is C[C@H](N)C(=O)O[C@@H](C)[C@@H](C)c1ccc(F)cc1. The summed E-state index contributed by atoms with van der Waals surface area (Å²) < 4.78 is 18.0. The van der Waals surface area contributed by atoms with E-state index in [-0.39, 0.29) is 17.8 Å². The molecule has 1 rings (SSSR count). The maximum atomic E-state index is 12.8. The predicted molar refractivity (Wildman–Crippen MR) is 64.0 cm³/mol. The second-order valence-electron chi connectivity index (χ2n) is 4.27. The highest BCUT2D eigenvalue weighted by molar-refractivity contribution is 5.75. The van der Waals surface area contributed by atoms with Crippen LogP contribution in [0.5, 0.6) is 0 Å². The number of esters is 1. The van der Waals surface area contributed by atoms with Gasteiger partial charge in [0.1, 0.15) is 18.0 Å². The highest BCUT2D eigenvalue weighted by Crippen LogP contribution is 2.21. The van der Waals surface area contributed by atoms with Crippen molar-refractivity contribution < 1.29 is 13.9 Å². The van der Waals surface area contributed by atoms with Crippen molar-refractivity contribution in [3.63, 3.8) is 0 Å². The number of rotatable bonds is 4. The van der Waals surface area contributed by atoms with Crippen LogP contribution < -0.4 is 5.73 Å². The number of benzene rings is 1. The summed E-state index contributed by atoms with van der Waals surface area (Å²) in [6, 6.07) is 5.54. The maximum absolute atomic E-state index is 12.8. The standard InChI is InChI=1S/C13H18FNO2/c1-8(10(3)17-13(16)9(2)15)11-4-6-12(14)7-5-11/h4-10H,15H2,1-3H3/t8-,9+,10+/m1/s1. The summed E-state index contributed by atoms with van der Waals surface area (Å²) in [5.74, 6) is -0.703. The van der Waals surface area contributed by atoms with Crippen molar-refractivity contribution in [2.75, 3.05) is 0 Å². The van der Waals surface area contributed by atoms with Gasteiger partial charge in [0.15, 0.2) is 0 Å². The van der Waals surface area contributed by atoms with Crippen molar-refractivity contribution in [2.45, 2.75) is 38.8 Å². The Hall–Kier alpha value is -1.42. The summed E-state index contributed by atoms with van der Waals surface area (Å²) in [6.07, 6.45) is -0.293. The van der Waals surface area contributed by atoms with Crippen LogP contribution in [0.3, 0.4) is 0 Å². The first-order valence-corrected chi connectivity index (χ1v) is 5.63. The van der Waals surface area contributed by atoms with Gasteiger partial charge in [0, 0.05) is 5.92 Å². The van der Waals surface area contributed by atoms with Gasteiger partial charge in [0.2, 0.25) is 0 Å². The molecule has 0 aromatic heterocycles. The molecule has 1 aromatic rings. The third kappa shape index (κ3) is 3.82. The van der Waals surface area contributed by atoms with Crippen LogP contribution in [0, 0.1) is 5.82 Å². The Bertz CT molecular complexity index is 376. The number of carbonyl (C=O) groups excluding carboxylic acids is 1. The van der Waals surface area contributed by atoms with Gasteiger partial charge in [-0.25, -0.2) is 4.39 Å². The number of ether oxygens (including phenoxy) is 1. The number of hydrogen-bond donors (Lipinski definition) is 1. The summed E-state index contributed by atoms with van der Waals surface area (Å²) in [5, 5.41) is 0. The fourth-order valence-corrected chi connectivity index (χ4v) is 1.43. The van der Waals surface area contributed by atoms with E-state index in [0.717, 1.165) is 5.56 Å². The van der Waals surface area contributed by atoms with Gasteiger partial charge in [-0.1, -0.05) is 19.1 Å². The van der Waals surface area contributed by atoms with Crippen LogP contribution in [0.4, 0.5) is 4.39 Å². The molecule has 0 heterocycles. The van der Waals surface area contributed by atoms with Crippen molar-refractivity contribution in [1.29, 1.82) is 0 Å². The molecule has 0 bridgehead atoms. The molecule has 2 N–H and O–H groups in total. The highest BCUT2D eigenvalue weighted by atomic mass is 19.1. The number of carbonyl (C=O) groups is 1. The van der Waals surface area contributed by atoms with Crippen molar-refractivity contribution in [3.05, 3.63) is 35.6 Å². The van der Waals surface area contributed by atoms with E-state index in [4.69, 9.17) is 10.5 Å². The number of hydrogen-bond acceptors (Lipinski definition) is 3. The molecule has 3 atom stereocenters. The Labute approximate surface area is 101 Å². The van der Waals surface area contributed by atoms with Crippen LogP contribution in [0.25, 0.3) is 0 Å². The molecule has 1 aromatic carbocycles. The molecule has 0 fully saturated rings. The lowest BCUT2D eigenvalue weighted by Gasteiger charge is -2.21. The fraction of sp³-hybridized carbons (Fsp3) is 0.462. The monoisotopic (exact) mass is 239 g/mol. The molecular formula is C13H18FNO2. The lowest BCUT2D eigenvalue weighted by molar-refractivity contribution is -0.150. The van der Waals surface area contributed by atoms with Gasteiger partial charge in [-0.15, -0.1) is 0 Å². The molecule has 0 saturated heterocycles. The summed E-state index contributed by atoms with van der Waals surface area (Å²) in [7, 11) is 0. The van der Waals surface area contributed by atoms with E-state index in [9.17, 15) is 9.18 Å². The summed E-state index contributed by atoms with van der Waals surface area (Å²) in [4.78, 5) is 11.3. The Morgan fingerprint density at radius 3 is 2.24 bits per heavy atom. The summed E-state index contributed by atoms with van der Waals surface area (Å²) >= 11 is 0. The highest BCUT2D eigenvalue weighted by Gasteiger charge is 2.20. The maximum Gasteiger partial charge on any atom is 0.322 e. The Balaban J connectivity index is 2.66. The van der Waals surface area contributed by atoms with Gasteiger partial charge in [0.05, 0.1) is 0 Å². The minimum atomic E-state index is -0.627. The van der Waals surface area contributed by atoms with Crippen LogP contribution >= 0.6 is 0 Å². The van der Waals surface area contributed by atoms with E-state index in [1.54, 1.807) is 26.0 Å². The normalized spacial score (nSPS) is 16.1. The lowest BCUT2D eigenvalue weighted by Crippen LogP contribution is -2.33. The molecular weight excluding hydrogens is 221 g/mol. The third-order valence-corrected chi connectivity index (χ3v) is 2.77. The topological polar surface area (TPSA) is 52.3 Å². The van der Waals surface area contributed by atoms with Gasteiger partial charge in [-0.05, 0) is 31.5 Å². The van der Waals surface area contributed by atoms with Crippen molar-refractivity contribution in [3.8, 4) is 0 Å². The zero-order valence-corrected chi connectivity index (χ0v) is 10.3.